The van der Waals surface area contributed by atoms with Gasteiger partial charge in [-0.25, -0.2) is 0 Å². The second-order valence-corrected chi connectivity index (χ2v) is 19.2. The molecule has 0 atom stereocenters. The number of benzene rings is 7. The Morgan fingerprint density at radius 1 is 0.375 bits per heavy atom. The summed E-state index contributed by atoms with van der Waals surface area (Å²) in [6, 6.07) is 60.7. The minimum absolute atomic E-state index is 0.816. The fourth-order valence-corrected chi connectivity index (χ4v) is 8.42. The van der Waals surface area contributed by atoms with Crippen LogP contribution in [0.2, 0.25) is 0 Å². The van der Waals surface area contributed by atoms with E-state index in [1.54, 1.807) is 0 Å². The van der Waals surface area contributed by atoms with Gasteiger partial charge in [0.15, 0.2) is 0 Å². The summed E-state index contributed by atoms with van der Waals surface area (Å²) in [5.74, 6) is 22.8. The van der Waals surface area contributed by atoms with Crippen LogP contribution in [0.15, 0.2) is 228 Å². The van der Waals surface area contributed by atoms with Crippen LogP contribution in [0.4, 0.5) is 0 Å². The highest BCUT2D eigenvalue weighted by Crippen LogP contribution is 2.42. The Morgan fingerprint density at radius 3 is 1.15 bits per heavy atom. The molecule has 1 aliphatic rings. The topological polar surface area (TPSA) is 0 Å². The third kappa shape index (κ3) is 13.0. The van der Waals surface area contributed by atoms with E-state index >= 15 is 0 Å². The summed E-state index contributed by atoms with van der Waals surface area (Å²) in [6.07, 6.45) is 12.1. The second kappa shape index (κ2) is 23.3. The molecular formula is C72H62. The molecule has 0 radical (unpaired) electrons. The number of hydrogen-bond acceptors (Lipinski definition) is 0. The molecule has 0 unspecified atom stereocenters. The first-order valence-electron chi connectivity index (χ1n) is 24.9. The highest BCUT2D eigenvalue weighted by Gasteiger charge is 2.25. The maximum Gasteiger partial charge on any atom is 0.0431 e. The molecule has 0 bridgehead atoms. The second-order valence-electron chi connectivity index (χ2n) is 19.2. The molecule has 0 fully saturated rings. The van der Waals surface area contributed by atoms with Gasteiger partial charge in [-0.15, -0.1) is 0 Å². The summed E-state index contributed by atoms with van der Waals surface area (Å²) in [4.78, 5) is 0. The van der Waals surface area contributed by atoms with Gasteiger partial charge in [0, 0.05) is 44.6 Å². The number of rotatable bonds is 8. The zero-order valence-electron chi connectivity index (χ0n) is 43.3. The van der Waals surface area contributed by atoms with Crippen LogP contribution in [0.5, 0.6) is 0 Å². The van der Waals surface area contributed by atoms with Gasteiger partial charge in [-0.2, -0.15) is 0 Å². The van der Waals surface area contributed by atoms with Gasteiger partial charge in [-0.3, -0.25) is 0 Å². The number of aryl methyl sites for hydroxylation is 7. The third-order valence-electron chi connectivity index (χ3n) is 12.9. The zero-order chi connectivity index (χ0) is 50.6. The van der Waals surface area contributed by atoms with Gasteiger partial charge in [0.05, 0.1) is 0 Å². The molecular weight excluding hydrogens is 865 g/mol. The summed E-state index contributed by atoms with van der Waals surface area (Å²) in [6.45, 7) is 19.3. The molecule has 0 saturated carbocycles. The molecule has 0 spiro atoms. The maximum atomic E-state index is 3.94. The van der Waals surface area contributed by atoms with Crippen molar-refractivity contribution in [2.45, 2.75) is 68.7 Å². The molecule has 7 aromatic rings. The summed E-state index contributed by atoms with van der Waals surface area (Å²) < 4.78 is 0. The van der Waals surface area contributed by atoms with E-state index in [1.807, 2.05) is 0 Å². The fraction of sp³-hybridized carbons (Fsp3) is 0.139. The van der Waals surface area contributed by atoms with Crippen LogP contribution in [0.3, 0.4) is 0 Å². The van der Waals surface area contributed by atoms with Crippen LogP contribution >= 0.6 is 0 Å². The van der Waals surface area contributed by atoms with Gasteiger partial charge in [0.1, 0.15) is 0 Å². The fourth-order valence-electron chi connectivity index (χ4n) is 8.42. The van der Waals surface area contributed by atoms with Gasteiger partial charge in [-0.1, -0.05) is 238 Å². The molecule has 0 heteroatoms. The minimum Gasteiger partial charge on any atom is -0.0799 e. The van der Waals surface area contributed by atoms with E-state index in [1.165, 1.54) is 33.4 Å². The molecule has 0 N–H and O–H groups in total. The maximum absolute atomic E-state index is 3.94. The molecule has 0 nitrogen and oxygen atoms in total. The van der Waals surface area contributed by atoms with E-state index < -0.39 is 0 Å². The molecule has 0 aromatic heterocycles. The van der Waals surface area contributed by atoms with E-state index in [0.717, 1.165) is 101 Å². The lowest BCUT2D eigenvalue weighted by atomic mass is 9.80. The number of hydrogen-bond donors (Lipinski definition) is 0. The van der Waals surface area contributed by atoms with Crippen LogP contribution in [-0.4, -0.2) is 0 Å². The third-order valence-corrected chi connectivity index (χ3v) is 12.9. The van der Waals surface area contributed by atoms with Crippen molar-refractivity contribution in [2.75, 3.05) is 0 Å². The largest absolute Gasteiger partial charge is 0.0799 e. The zero-order valence-corrected chi connectivity index (χ0v) is 43.3. The highest BCUT2D eigenvalue weighted by atomic mass is 14.3. The Morgan fingerprint density at radius 2 is 0.722 bits per heavy atom. The minimum atomic E-state index is 0.816. The summed E-state index contributed by atoms with van der Waals surface area (Å²) in [5, 5.41) is 0. The van der Waals surface area contributed by atoms with Crippen molar-refractivity contribution < 1.29 is 0 Å². The van der Waals surface area contributed by atoms with E-state index in [0.29, 0.717) is 0 Å². The van der Waals surface area contributed by atoms with Gasteiger partial charge >= 0.3 is 0 Å². The van der Waals surface area contributed by atoms with Crippen molar-refractivity contribution in [1.82, 2.24) is 0 Å². The normalized spacial score (nSPS) is 13.3. The SMILES string of the molecule is CC1=CC=C(/C(C)=C(C#Cc2ccc(C)cc2)/C(=C(C#Cc2ccc(C)cc2)\C(=C(C#Cc2ccc(C)cc2)/C(=C/c2ccc(C)cc2)c2ccc(C)cc2)c2ccc(C)cc2)c2ccc(C)cc2)C=CC1. The average Bonchev–Trinajstić information content (AvgIpc) is 3.61. The van der Waals surface area contributed by atoms with Crippen molar-refractivity contribution in [3.8, 4) is 35.5 Å². The Kier molecular flexibility index (Phi) is 16.1. The van der Waals surface area contributed by atoms with Crippen LogP contribution in [0.1, 0.15) is 98.2 Å². The summed E-state index contributed by atoms with van der Waals surface area (Å²) >= 11 is 0. The standard InChI is InChI=1S/C72H62/c1-50-11-10-12-63(39-21-50)58(9)67(46-36-59-28-13-51(2)14-29-59)71(65-42-24-56(7)25-43-65)69(48-38-61-32-17-53(4)18-33-61)72(66-44-26-57(8)27-45-66)68(47-37-60-30-15-52(3)16-31-60)70(64-40-22-55(6)23-41-64)49-62-34-19-54(5)20-35-62/h10,12-35,39-45,49H,11H2,1-9H3/b67-58+,70-49+,71-69-,72-68-. The molecule has 0 aliphatic heterocycles. The molecule has 0 saturated heterocycles. The Labute approximate surface area is 430 Å². The van der Waals surface area contributed by atoms with Crippen molar-refractivity contribution in [2.24, 2.45) is 0 Å². The van der Waals surface area contributed by atoms with Crippen molar-refractivity contribution in [1.29, 1.82) is 0 Å². The lowest BCUT2D eigenvalue weighted by Crippen LogP contribution is -2.04. The summed E-state index contributed by atoms with van der Waals surface area (Å²) in [7, 11) is 0. The van der Waals surface area contributed by atoms with Crippen molar-refractivity contribution in [3.63, 3.8) is 0 Å². The lowest BCUT2D eigenvalue weighted by molar-refractivity contribution is 1.22. The van der Waals surface area contributed by atoms with E-state index in [4.69, 9.17) is 0 Å². The first-order chi connectivity index (χ1) is 34.9. The predicted octanol–water partition coefficient (Wildman–Crippen LogP) is 17.6. The number of allylic oxidation sites excluding steroid dienone is 13. The molecule has 0 heterocycles. The monoisotopic (exact) mass is 926 g/mol. The van der Waals surface area contributed by atoms with Gasteiger partial charge in [0.25, 0.3) is 0 Å². The van der Waals surface area contributed by atoms with Crippen LogP contribution in [0.25, 0.3) is 22.8 Å². The quantitative estimate of drug-likeness (QED) is 0.0809. The molecule has 7 aromatic carbocycles. The average molecular weight is 927 g/mol. The van der Waals surface area contributed by atoms with Crippen molar-refractivity contribution >= 4 is 22.8 Å². The lowest BCUT2D eigenvalue weighted by Gasteiger charge is -2.22. The summed E-state index contributed by atoms with van der Waals surface area (Å²) in [5.41, 5.74) is 23.9. The molecule has 1 aliphatic carbocycles. The van der Waals surface area contributed by atoms with E-state index in [2.05, 4.69) is 298 Å². The first-order valence-corrected chi connectivity index (χ1v) is 24.9. The molecule has 0 amide bonds. The van der Waals surface area contributed by atoms with Gasteiger partial charge < -0.3 is 0 Å². The van der Waals surface area contributed by atoms with Crippen molar-refractivity contribution in [3.05, 3.63) is 305 Å². The Bertz CT molecular complexity index is 3520. The van der Waals surface area contributed by atoms with Gasteiger partial charge in [-0.05, 0) is 150 Å². The predicted molar refractivity (Wildman–Crippen MR) is 309 cm³/mol. The first kappa shape index (κ1) is 49.8. The van der Waals surface area contributed by atoms with Crippen LogP contribution in [0, 0.1) is 84.0 Å². The van der Waals surface area contributed by atoms with E-state index in [-0.39, 0.29) is 0 Å². The Hall–Kier alpha value is -8.60. The molecule has 72 heavy (non-hydrogen) atoms. The highest BCUT2D eigenvalue weighted by molar-refractivity contribution is 6.09. The van der Waals surface area contributed by atoms with Crippen LogP contribution < -0.4 is 0 Å². The smallest absolute Gasteiger partial charge is 0.0431 e. The van der Waals surface area contributed by atoms with Crippen LogP contribution in [-0.2, 0) is 0 Å². The Balaban J connectivity index is 1.66. The molecule has 350 valence electrons. The van der Waals surface area contributed by atoms with E-state index in [9.17, 15) is 0 Å². The van der Waals surface area contributed by atoms with Gasteiger partial charge in [0.2, 0.25) is 0 Å². The molecule has 8 rings (SSSR count).